The summed E-state index contributed by atoms with van der Waals surface area (Å²) in [4.78, 5) is 16.6. The van der Waals surface area contributed by atoms with Gasteiger partial charge in [-0.3, -0.25) is 9.78 Å². The van der Waals surface area contributed by atoms with Crippen molar-refractivity contribution in [2.75, 3.05) is 0 Å². The Morgan fingerprint density at radius 1 is 0.933 bits per heavy atom. The van der Waals surface area contributed by atoms with Crippen molar-refractivity contribution >= 4 is 73.2 Å². The number of fused-ring (bicyclic) bond motifs is 4. The molecule has 4 nitrogen and oxygen atoms in total. The van der Waals surface area contributed by atoms with E-state index in [1.165, 1.54) is 54.8 Å². The maximum absolute atomic E-state index is 11.7. The van der Waals surface area contributed by atoms with Gasteiger partial charge >= 0.3 is 0 Å². The third-order valence-corrected chi connectivity index (χ3v) is 11.7. The van der Waals surface area contributed by atoms with Crippen LogP contribution in [0.15, 0.2) is 60.5 Å². The van der Waals surface area contributed by atoms with E-state index in [1.54, 1.807) is 0 Å². The maximum atomic E-state index is 11.7. The number of aliphatic hydroxyl groups is 1. The molecule has 0 saturated heterocycles. The van der Waals surface area contributed by atoms with E-state index in [1.807, 2.05) is 33.9 Å². The number of pyridine rings is 1. The molecule has 2 aromatic heterocycles. The van der Waals surface area contributed by atoms with Crippen molar-refractivity contribution in [1.82, 2.24) is 9.55 Å². The molecular formula is C39H47IrN2O2Si-. The van der Waals surface area contributed by atoms with E-state index in [2.05, 4.69) is 86.7 Å². The molecule has 6 aromatic rings. The topological polar surface area (TPSA) is 55.1 Å². The van der Waals surface area contributed by atoms with Gasteiger partial charge in [0, 0.05) is 73.4 Å². The van der Waals surface area contributed by atoms with Crippen LogP contribution in [-0.2, 0) is 31.9 Å². The fourth-order valence-electron chi connectivity index (χ4n) is 6.87. The zero-order chi connectivity index (χ0) is 31.9. The van der Waals surface area contributed by atoms with E-state index in [0.717, 1.165) is 42.0 Å². The van der Waals surface area contributed by atoms with E-state index in [4.69, 9.17) is 4.98 Å². The van der Waals surface area contributed by atoms with Crippen LogP contribution in [0.2, 0.25) is 19.6 Å². The Morgan fingerprint density at radius 2 is 1.58 bits per heavy atom. The molecule has 4 aromatic carbocycles. The number of hydrogen-bond acceptors (Lipinski definition) is 3. The molecule has 0 aliphatic heterocycles. The van der Waals surface area contributed by atoms with Gasteiger partial charge in [-0.05, 0) is 60.0 Å². The van der Waals surface area contributed by atoms with Gasteiger partial charge in [0.25, 0.3) is 0 Å². The Bertz CT molecular complexity index is 2010. The Hall–Kier alpha value is -3.05. The number of rotatable bonds is 8. The molecule has 1 radical (unpaired) electrons. The zero-order valence-corrected chi connectivity index (χ0v) is 31.7. The first kappa shape index (κ1) is 34.8. The van der Waals surface area contributed by atoms with Gasteiger partial charge in [0.05, 0.1) is 13.8 Å². The summed E-state index contributed by atoms with van der Waals surface area (Å²) in [6.07, 6.45) is 6.87. The Morgan fingerprint density at radius 3 is 2.20 bits per heavy atom. The largest absolute Gasteiger partial charge is 0.512 e. The number of benzene rings is 4. The number of aromatic nitrogens is 2. The van der Waals surface area contributed by atoms with Crippen LogP contribution in [-0.4, -0.2) is 28.5 Å². The first-order valence-electron chi connectivity index (χ1n) is 16.3. The van der Waals surface area contributed by atoms with Crippen LogP contribution in [0.4, 0.5) is 0 Å². The van der Waals surface area contributed by atoms with Gasteiger partial charge in [-0.1, -0.05) is 87.8 Å². The van der Waals surface area contributed by atoms with E-state index in [9.17, 15) is 9.90 Å². The summed E-state index contributed by atoms with van der Waals surface area (Å²) in [5.74, 6) is 0.547. The summed E-state index contributed by atoms with van der Waals surface area (Å²) < 4.78 is 2.42. The van der Waals surface area contributed by atoms with Gasteiger partial charge in [-0.25, -0.2) is 0 Å². The molecule has 2 heterocycles. The average molecular weight is 796 g/mol. The van der Waals surface area contributed by atoms with Crippen LogP contribution in [0.1, 0.15) is 59.1 Å². The molecule has 6 heteroatoms. The van der Waals surface area contributed by atoms with Crippen molar-refractivity contribution in [3.8, 4) is 0 Å². The van der Waals surface area contributed by atoms with Crippen LogP contribution < -0.4 is 5.19 Å². The van der Waals surface area contributed by atoms with Crippen LogP contribution in [0.3, 0.4) is 0 Å². The normalized spacial score (nSPS) is 12.6. The monoisotopic (exact) mass is 796 g/mol. The van der Waals surface area contributed by atoms with Crippen LogP contribution in [0.25, 0.3) is 54.1 Å². The number of ketones is 1. The second-order valence-corrected chi connectivity index (χ2v) is 18.4. The summed E-state index contributed by atoms with van der Waals surface area (Å²) in [5, 5.41) is 21.4. The minimum Gasteiger partial charge on any atom is -0.512 e. The minimum absolute atomic E-state index is 0. The fourth-order valence-corrected chi connectivity index (χ4v) is 8.46. The predicted molar refractivity (Wildman–Crippen MR) is 192 cm³/mol. The molecule has 0 aliphatic rings. The number of aryl methyl sites for hydroxylation is 2. The third-order valence-electron chi connectivity index (χ3n) is 9.66. The second kappa shape index (κ2) is 13.7. The number of aliphatic hydroxyl groups excluding tert-OH is 1. The van der Waals surface area contributed by atoms with Gasteiger partial charge in [-0.2, -0.15) is 0 Å². The summed E-state index contributed by atoms with van der Waals surface area (Å²) >= 11 is 0. The van der Waals surface area contributed by atoms with Crippen molar-refractivity contribution in [2.45, 2.75) is 79.9 Å². The number of carbonyl (C=O) groups is 1. The zero-order valence-electron chi connectivity index (χ0n) is 28.3. The number of nitrogens with zero attached hydrogens (tertiary/aromatic N) is 2. The quantitative estimate of drug-likeness (QED) is 0.0417. The molecule has 239 valence electrons. The summed E-state index contributed by atoms with van der Waals surface area (Å²) in [6, 6.07) is 19.2. The Balaban J connectivity index is 0.000000249. The van der Waals surface area contributed by atoms with Gasteiger partial charge in [0.15, 0.2) is 5.78 Å². The molecule has 6 rings (SSSR count). The molecule has 0 unspecified atom stereocenters. The maximum Gasteiger partial charge on any atom is 0.162 e. The second-order valence-electron chi connectivity index (χ2n) is 13.3. The summed E-state index contributed by atoms with van der Waals surface area (Å²) in [7, 11) is 0.691. The van der Waals surface area contributed by atoms with E-state index < -0.39 is 8.07 Å². The van der Waals surface area contributed by atoms with Gasteiger partial charge < -0.3 is 9.67 Å². The molecule has 0 aliphatic carbocycles. The molecular weight excluding hydrogens is 749 g/mol. The Labute approximate surface area is 282 Å². The molecule has 45 heavy (non-hydrogen) atoms. The molecule has 0 spiro atoms. The van der Waals surface area contributed by atoms with Crippen LogP contribution in [0, 0.1) is 24.8 Å². The minimum atomic E-state index is -1.53. The van der Waals surface area contributed by atoms with E-state index in [0.29, 0.717) is 0 Å². The first-order valence-corrected chi connectivity index (χ1v) is 19.8. The van der Waals surface area contributed by atoms with Crippen molar-refractivity contribution in [1.29, 1.82) is 0 Å². The van der Waals surface area contributed by atoms with Crippen molar-refractivity contribution in [3.63, 3.8) is 0 Å². The van der Waals surface area contributed by atoms with Crippen LogP contribution >= 0.6 is 0 Å². The fraction of sp³-hybridized carbons (Fsp3) is 0.385. The average Bonchev–Trinajstić information content (AvgIpc) is 3.27. The molecule has 0 atom stereocenters. The number of carbonyl (C=O) groups excluding carboxylic acids is 1. The summed E-state index contributed by atoms with van der Waals surface area (Å²) in [5.41, 5.74) is 3.80. The third kappa shape index (κ3) is 6.22. The number of allylic oxidation sites excluding steroid dienone is 2. The van der Waals surface area contributed by atoms with Gasteiger partial charge in [0.2, 0.25) is 0 Å². The van der Waals surface area contributed by atoms with Gasteiger partial charge in [-0.15, -0.1) is 23.6 Å². The van der Waals surface area contributed by atoms with E-state index >= 15 is 0 Å². The SMILES string of the molecule is CCC(CC)C(=O)/C=C(\O)C(CC)CC.Cc1c2c3cc4ccccc4[c-]c3c3nccc4cc([Si](C)(C)C)c(c2c43)n1C.[Ir]. The van der Waals surface area contributed by atoms with Crippen molar-refractivity contribution in [3.05, 3.63) is 72.3 Å². The van der Waals surface area contributed by atoms with Crippen molar-refractivity contribution in [2.24, 2.45) is 18.9 Å². The standard InChI is InChI=1S/C26H23N2Si.C13H24O2.Ir/c1-15-22-19-12-16-8-6-7-9-17(16)13-20(19)25-23-18(10-11-27-25)14-21(29(3,4)5)26(24(22)23)28(15)2;1-5-10(6-2)12(14)9-13(15)11(7-3)8-4;/h6-12,14H,1-5H3;9-11,14H,5-8H2,1-4H3;/q-1;;/b;12-9-;. The molecule has 0 amide bonds. The Kier molecular flexibility index (Phi) is 10.6. The first-order chi connectivity index (χ1) is 21.0. The smallest absolute Gasteiger partial charge is 0.162 e. The molecule has 0 bridgehead atoms. The van der Waals surface area contributed by atoms with Crippen molar-refractivity contribution < 1.29 is 30.0 Å². The molecule has 0 saturated carbocycles. The predicted octanol–water partition coefficient (Wildman–Crippen LogP) is 10.1. The summed E-state index contributed by atoms with van der Waals surface area (Å²) in [6.45, 7) is 17.7. The number of hydrogen-bond donors (Lipinski definition) is 1. The molecule has 1 N–H and O–H groups in total. The van der Waals surface area contributed by atoms with E-state index in [-0.39, 0.29) is 43.5 Å². The van der Waals surface area contributed by atoms with Crippen LogP contribution in [0.5, 0.6) is 0 Å². The van der Waals surface area contributed by atoms with Gasteiger partial charge in [0.1, 0.15) is 0 Å². The molecule has 0 fully saturated rings.